The van der Waals surface area contributed by atoms with Gasteiger partial charge in [0, 0.05) is 19.1 Å². The van der Waals surface area contributed by atoms with E-state index in [1.165, 1.54) is 0 Å². The topological polar surface area (TPSA) is 40.5 Å². The van der Waals surface area contributed by atoms with Crippen molar-refractivity contribution in [1.29, 1.82) is 0 Å². The standard InChI is InChI=1S/C11H21NO2/c1-4-10(8(2)3)12-6-9(7-12)5-11(13)14/h8-10H,4-7H2,1-3H3,(H,13,14). The van der Waals surface area contributed by atoms with Gasteiger partial charge in [-0.05, 0) is 18.3 Å². The highest BCUT2D eigenvalue weighted by Gasteiger charge is 2.33. The van der Waals surface area contributed by atoms with E-state index in [0.29, 0.717) is 24.3 Å². The van der Waals surface area contributed by atoms with Gasteiger partial charge in [-0.3, -0.25) is 9.69 Å². The number of carboxylic acid groups (broad SMARTS) is 1. The third-order valence-electron chi connectivity index (χ3n) is 3.11. The summed E-state index contributed by atoms with van der Waals surface area (Å²) >= 11 is 0. The number of hydrogen-bond acceptors (Lipinski definition) is 2. The fourth-order valence-electron chi connectivity index (χ4n) is 2.41. The molecule has 0 saturated carbocycles. The number of carboxylic acids is 1. The molecule has 1 atom stereocenters. The van der Waals surface area contributed by atoms with Gasteiger partial charge in [0.15, 0.2) is 0 Å². The van der Waals surface area contributed by atoms with E-state index in [0.717, 1.165) is 19.5 Å². The van der Waals surface area contributed by atoms with Gasteiger partial charge in [-0.25, -0.2) is 0 Å². The van der Waals surface area contributed by atoms with Crippen LogP contribution in [0.25, 0.3) is 0 Å². The Morgan fingerprint density at radius 3 is 2.43 bits per heavy atom. The van der Waals surface area contributed by atoms with Crippen LogP contribution in [0.1, 0.15) is 33.6 Å². The molecule has 0 aliphatic carbocycles. The van der Waals surface area contributed by atoms with Crippen LogP contribution in [0.3, 0.4) is 0 Å². The first-order valence-electron chi connectivity index (χ1n) is 5.50. The summed E-state index contributed by atoms with van der Waals surface area (Å²) in [5.74, 6) is 0.401. The molecule has 0 aromatic rings. The van der Waals surface area contributed by atoms with Gasteiger partial charge in [0.05, 0.1) is 6.42 Å². The zero-order chi connectivity index (χ0) is 10.7. The van der Waals surface area contributed by atoms with Gasteiger partial charge < -0.3 is 5.11 Å². The molecule has 1 aliphatic rings. The maximum absolute atomic E-state index is 10.5. The Labute approximate surface area is 86.1 Å². The third-order valence-corrected chi connectivity index (χ3v) is 3.11. The first-order valence-corrected chi connectivity index (χ1v) is 5.50. The molecule has 3 nitrogen and oxygen atoms in total. The second kappa shape index (κ2) is 4.78. The molecule has 0 spiro atoms. The van der Waals surface area contributed by atoms with Crippen molar-refractivity contribution in [3.63, 3.8) is 0 Å². The van der Waals surface area contributed by atoms with E-state index >= 15 is 0 Å². The minimum absolute atomic E-state index is 0.338. The van der Waals surface area contributed by atoms with E-state index in [1.807, 2.05) is 0 Å². The molecule has 0 radical (unpaired) electrons. The van der Waals surface area contributed by atoms with Crippen LogP contribution in [0.2, 0.25) is 0 Å². The fourth-order valence-corrected chi connectivity index (χ4v) is 2.41. The average Bonchev–Trinajstić information content (AvgIpc) is 1.99. The summed E-state index contributed by atoms with van der Waals surface area (Å²) in [6, 6.07) is 0.639. The molecule has 3 heteroatoms. The van der Waals surface area contributed by atoms with Crippen LogP contribution in [-0.4, -0.2) is 35.1 Å². The van der Waals surface area contributed by atoms with Gasteiger partial charge in [0.2, 0.25) is 0 Å². The predicted octanol–water partition coefficient (Wildman–Crippen LogP) is 1.83. The van der Waals surface area contributed by atoms with Crippen molar-refractivity contribution in [2.75, 3.05) is 13.1 Å². The van der Waals surface area contributed by atoms with Crippen LogP contribution in [0, 0.1) is 11.8 Å². The van der Waals surface area contributed by atoms with Crippen molar-refractivity contribution in [2.45, 2.75) is 39.7 Å². The number of likely N-dealkylation sites (tertiary alicyclic amines) is 1. The molecule has 1 rings (SSSR count). The fraction of sp³-hybridized carbons (Fsp3) is 0.909. The monoisotopic (exact) mass is 199 g/mol. The Kier molecular flexibility index (Phi) is 3.93. The Morgan fingerprint density at radius 1 is 1.50 bits per heavy atom. The summed E-state index contributed by atoms with van der Waals surface area (Å²) in [6.45, 7) is 8.62. The van der Waals surface area contributed by atoms with Crippen LogP contribution >= 0.6 is 0 Å². The molecule has 1 fully saturated rings. The van der Waals surface area contributed by atoms with E-state index in [4.69, 9.17) is 5.11 Å². The molecule has 82 valence electrons. The van der Waals surface area contributed by atoms with Crippen LogP contribution in [0.15, 0.2) is 0 Å². The summed E-state index contributed by atoms with van der Waals surface area (Å²) in [5, 5.41) is 8.62. The lowest BCUT2D eigenvalue weighted by Crippen LogP contribution is -2.54. The molecule has 1 aliphatic heterocycles. The number of aliphatic carboxylic acids is 1. The molecule has 14 heavy (non-hydrogen) atoms. The van der Waals surface area contributed by atoms with Crippen molar-refractivity contribution < 1.29 is 9.90 Å². The second-order valence-corrected chi connectivity index (χ2v) is 4.64. The third kappa shape index (κ3) is 2.71. The maximum Gasteiger partial charge on any atom is 0.303 e. The van der Waals surface area contributed by atoms with E-state index in [1.54, 1.807) is 0 Å². The first kappa shape index (κ1) is 11.5. The van der Waals surface area contributed by atoms with Gasteiger partial charge in [0.1, 0.15) is 0 Å². The summed E-state index contributed by atoms with van der Waals surface area (Å²) < 4.78 is 0. The Hall–Kier alpha value is -0.570. The highest BCUT2D eigenvalue weighted by molar-refractivity contribution is 5.67. The summed E-state index contributed by atoms with van der Waals surface area (Å²) in [6.07, 6.45) is 1.50. The minimum atomic E-state index is -0.660. The lowest BCUT2D eigenvalue weighted by molar-refractivity contribution is -0.140. The molecule has 1 N–H and O–H groups in total. The molecule has 0 aromatic heterocycles. The highest BCUT2D eigenvalue weighted by atomic mass is 16.4. The van der Waals surface area contributed by atoms with E-state index in [-0.39, 0.29) is 0 Å². The Morgan fingerprint density at radius 2 is 2.07 bits per heavy atom. The van der Waals surface area contributed by atoms with Gasteiger partial charge in [-0.1, -0.05) is 20.8 Å². The summed E-state index contributed by atoms with van der Waals surface area (Å²) in [4.78, 5) is 12.9. The first-order chi connectivity index (χ1) is 6.54. The average molecular weight is 199 g/mol. The molecular formula is C11H21NO2. The minimum Gasteiger partial charge on any atom is -0.481 e. The molecule has 0 bridgehead atoms. The predicted molar refractivity (Wildman–Crippen MR) is 56.2 cm³/mol. The van der Waals surface area contributed by atoms with Crippen molar-refractivity contribution in [3.8, 4) is 0 Å². The van der Waals surface area contributed by atoms with Crippen molar-refractivity contribution in [1.82, 2.24) is 4.90 Å². The highest BCUT2D eigenvalue weighted by Crippen LogP contribution is 2.26. The number of rotatable bonds is 5. The number of nitrogens with zero attached hydrogens (tertiary/aromatic N) is 1. The molecule has 0 amide bonds. The number of hydrogen-bond donors (Lipinski definition) is 1. The smallest absolute Gasteiger partial charge is 0.303 e. The Bertz CT molecular complexity index is 197. The quantitative estimate of drug-likeness (QED) is 0.734. The lowest BCUT2D eigenvalue weighted by atomic mass is 9.89. The van der Waals surface area contributed by atoms with Crippen LogP contribution < -0.4 is 0 Å². The van der Waals surface area contributed by atoms with Crippen molar-refractivity contribution in [3.05, 3.63) is 0 Å². The zero-order valence-electron chi connectivity index (χ0n) is 9.36. The number of carbonyl (C=O) groups is 1. The van der Waals surface area contributed by atoms with Crippen LogP contribution in [0.5, 0.6) is 0 Å². The maximum atomic E-state index is 10.5. The van der Waals surface area contributed by atoms with E-state index in [2.05, 4.69) is 25.7 Å². The van der Waals surface area contributed by atoms with E-state index < -0.39 is 5.97 Å². The van der Waals surface area contributed by atoms with Gasteiger partial charge in [0.25, 0.3) is 0 Å². The van der Waals surface area contributed by atoms with Gasteiger partial charge >= 0.3 is 5.97 Å². The second-order valence-electron chi connectivity index (χ2n) is 4.64. The van der Waals surface area contributed by atoms with Gasteiger partial charge in [-0.2, -0.15) is 0 Å². The van der Waals surface area contributed by atoms with Crippen molar-refractivity contribution >= 4 is 5.97 Å². The molecule has 1 heterocycles. The van der Waals surface area contributed by atoms with Crippen LogP contribution in [-0.2, 0) is 4.79 Å². The largest absolute Gasteiger partial charge is 0.481 e. The Balaban J connectivity index is 2.28. The van der Waals surface area contributed by atoms with Gasteiger partial charge in [-0.15, -0.1) is 0 Å². The molecular weight excluding hydrogens is 178 g/mol. The molecule has 1 saturated heterocycles. The zero-order valence-corrected chi connectivity index (χ0v) is 9.36. The summed E-state index contributed by atoms with van der Waals surface area (Å²) in [5.41, 5.74) is 0. The SMILES string of the molecule is CCC(C(C)C)N1CC(CC(=O)O)C1. The normalized spacial score (nSPS) is 20.9. The summed E-state index contributed by atoms with van der Waals surface area (Å²) in [7, 11) is 0. The molecule has 0 aromatic carbocycles. The van der Waals surface area contributed by atoms with Crippen LogP contribution in [0.4, 0.5) is 0 Å². The molecule has 1 unspecified atom stereocenters. The van der Waals surface area contributed by atoms with E-state index in [9.17, 15) is 4.79 Å². The lowest BCUT2D eigenvalue weighted by Gasteiger charge is -2.45. The van der Waals surface area contributed by atoms with Crippen molar-refractivity contribution in [2.24, 2.45) is 11.8 Å².